The van der Waals surface area contributed by atoms with Crippen LogP contribution < -0.4 is 5.32 Å². The fraction of sp³-hybridized carbons (Fsp3) is 0.312. The molecule has 0 bridgehead atoms. The fourth-order valence-corrected chi connectivity index (χ4v) is 5.27. The Morgan fingerprint density at radius 2 is 1.30 bits per heavy atom. The second-order valence-electron chi connectivity index (χ2n) is 11.3. The van der Waals surface area contributed by atoms with Gasteiger partial charge in [-0.1, -0.05) is 75.4 Å². The molecule has 43 heavy (non-hydrogen) atoms. The van der Waals surface area contributed by atoms with Gasteiger partial charge in [0, 0.05) is 25.0 Å². The first-order chi connectivity index (χ1) is 20.1. The Labute approximate surface area is 250 Å². The molecule has 3 aromatic carbocycles. The molecule has 0 aliphatic carbocycles. The number of amides is 1. The molecule has 0 fully saturated rings. The summed E-state index contributed by atoms with van der Waals surface area (Å²) in [7, 11) is 0. The molecule has 228 valence electrons. The maximum Gasteiger partial charge on any atom is 0.416 e. The van der Waals surface area contributed by atoms with E-state index in [1.165, 1.54) is 29.5 Å². The first-order valence-electron chi connectivity index (χ1n) is 13.4. The van der Waals surface area contributed by atoms with E-state index in [2.05, 4.69) is 31.1 Å². The van der Waals surface area contributed by atoms with E-state index in [0.717, 1.165) is 35.4 Å². The van der Waals surface area contributed by atoms with Gasteiger partial charge < -0.3 is 5.32 Å². The molecule has 0 aliphatic rings. The normalized spacial score (nSPS) is 12.5. The zero-order valence-electron chi connectivity index (χ0n) is 23.8. The molecule has 0 spiro atoms. The molecular weight excluding hydrogens is 588 g/mol. The molecule has 0 unspecified atom stereocenters. The van der Waals surface area contributed by atoms with Gasteiger partial charge in [-0.3, -0.25) is 9.69 Å². The highest BCUT2D eigenvalue weighted by Crippen LogP contribution is 2.31. The molecule has 1 aromatic heterocycles. The van der Waals surface area contributed by atoms with Crippen molar-refractivity contribution in [3.8, 4) is 0 Å². The van der Waals surface area contributed by atoms with Gasteiger partial charge in [0.15, 0.2) is 0 Å². The highest BCUT2D eigenvalue weighted by atomic mass is 32.1. The van der Waals surface area contributed by atoms with Crippen LogP contribution in [-0.4, -0.2) is 15.8 Å². The molecule has 0 saturated carbocycles. The molecule has 1 N–H and O–H groups in total. The molecule has 4 rings (SSSR count). The van der Waals surface area contributed by atoms with Crippen molar-refractivity contribution in [2.75, 3.05) is 0 Å². The van der Waals surface area contributed by atoms with Crippen molar-refractivity contribution in [1.82, 2.24) is 15.2 Å². The SMILES string of the molecule is CC(C)(C)c1ccc(CN(Cc2cccc(C(F)(F)F)c2)Cc2nc(C(=O)NCc3cccc(C(F)(F)F)c3)cs2)cc1. The van der Waals surface area contributed by atoms with Gasteiger partial charge in [-0.2, -0.15) is 26.3 Å². The first-order valence-corrected chi connectivity index (χ1v) is 14.3. The molecule has 0 radical (unpaired) electrons. The van der Waals surface area contributed by atoms with Crippen LogP contribution in [0.15, 0.2) is 78.2 Å². The van der Waals surface area contributed by atoms with Crippen molar-refractivity contribution in [3.63, 3.8) is 0 Å². The van der Waals surface area contributed by atoms with Crippen LogP contribution in [0.5, 0.6) is 0 Å². The number of carbonyl (C=O) groups excluding carboxylic acids is 1. The first kappa shape index (κ1) is 32.2. The van der Waals surface area contributed by atoms with E-state index in [0.29, 0.717) is 22.7 Å². The lowest BCUT2D eigenvalue weighted by Crippen LogP contribution is -2.24. The summed E-state index contributed by atoms with van der Waals surface area (Å²) in [5.74, 6) is -0.540. The van der Waals surface area contributed by atoms with Gasteiger partial charge in [0.05, 0.1) is 17.7 Å². The Hall–Kier alpha value is -3.70. The second kappa shape index (κ2) is 12.9. The minimum atomic E-state index is -4.49. The third-order valence-electron chi connectivity index (χ3n) is 6.74. The number of nitrogens with zero attached hydrogens (tertiary/aromatic N) is 2. The van der Waals surface area contributed by atoms with Gasteiger partial charge in [-0.25, -0.2) is 4.98 Å². The number of nitrogens with one attached hydrogen (secondary N) is 1. The number of halogens is 6. The molecule has 0 saturated heterocycles. The molecule has 0 aliphatic heterocycles. The maximum atomic E-state index is 13.3. The van der Waals surface area contributed by atoms with E-state index in [1.807, 2.05) is 29.2 Å². The Morgan fingerprint density at radius 3 is 1.88 bits per heavy atom. The van der Waals surface area contributed by atoms with E-state index in [4.69, 9.17) is 0 Å². The second-order valence-corrected chi connectivity index (χ2v) is 12.2. The van der Waals surface area contributed by atoms with Crippen LogP contribution in [0.1, 0.15) is 69.6 Å². The van der Waals surface area contributed by atoms with Crippen LogP contribution in [-0.2, 0) is 43.9 Å². The van der Waals surface area contributed by atoms with Crippen LogP contribution in [0.2, 0.25) is 0 Å². The maximum absolute atomic E-state index is 13.3. The number of alkyl halides is 6. The zero-order valence-corrected chi connectivity index (χ0v) is 24.6. The Kier molecular flexibility index (Phi) is 9.66. The summed E-state index contributed by atoms with van der Waals surface area (Å²) in [6.45, 7) is 7.12. The van der Waals surface area contributed by atoms with E-state index >= 15 is 0 Å². The van der Waals surface area contributed by atoms with Gasteiger partial charge in [-0.15, -0.1) is 11.3 Å². The zero-order chi connectivity index (χ0) is 31.4. The third-order valence-corrected chi connectivity index (χ3v) is 7.57. The molecule has 4 aromatic rings. The van der Waals surface area contributed by atoms with Gasteiger partial charge in [0.1, 0.15) is 10.7 Å². The number of aromatic nitrogens is 1. The van der Waals surface area contributed by atoms with Crippen LogP contribution >= 0.6 is 11.3 Å². The lowest BCUT2D eigenvalue weighted by molar-refractivity contribution is -0.138. The average molecular weight is 620 g/mol. The van der Waals surface area contributed by atoms with Gasteiger partial charge in [0.25, 0.3) is 5.91 Å². The largest absolute Gasteiger partial charge is 0.416 e. The summed E-state index contributed by atoms with van der Waals surface area (Å²) in [5.41, 5.74) is 1.45. The molecule has 0 atom stereocenters. The minimum Gasteiger partial charge on any atom is -0.347 e. The number of thiazole rings is 1. The number of rotatable bonds is 9. The summed E-state index contributed by atoms with van der Waals surface area (Å²) >= 11 is 1.23. The number of hydrogen-bond donors (Lipinski definition) is 1. The molecule has 1 amide bonds. The van der Waals surface area contributed by atoms with Crippen LogP contribution in [0.3, 0.4) is 0 Å². The lowest BCUT2D eigenvalue weighted by Gasteiger charge is -2.23. The van der Waals surface area contributed by atoms with Gasteiger partial charge in [-0.05, 0) is 45.9 Å². The highest BCUT2D eigenvalue weighted by Gasteiger charge is 2.31. The van der Waals surface area contributed by atoms with Crippen LogP contribution in [0.25, 0.3) is 0 Å². The summed E-state index contributed by atoms with van der Waals surface area (Å²) in [5, 5.41) is 4.72. The molecule has 1 heterocycles. The fourth-order valence-electron chi connectivity index (χ4n) is 4.45. The Balaban J connectivity index is 1.49. The highest BCUT2D eigenvalue weighted by molar-refractivity contribution is 7.09. The third kappa shape index (κ3) is 9.14. The molecule has 4 nitrogen and oxygen atoms in total. The van der Waals surface area contributed by atoms with Crippen molar-refractivity contribution in [3.05, 3.63) is 122 Å². The van der Waals surface area contributed by atoms with E-state index < -0.39 is 29.4 Å². The summed E-state index contributed by atoms with van der Waals surface area (Å²) < 4.78 is 79.0. The van der Waals surface area contributed by atoms with Crippen molar-refractivity contribution >= 4 is 17.2 Å². The van der Waals surface area contributed by atoms with Crippen molar-refractivity contribution in [2.24, 2.45) is 0 Å². The Morgan fingerprint density at radius 1 is 0.744 bits per heavy atom. The number of benzene rings is 3. The molecule has 11 heteroatoms. The summed E-state index contributed by atoms with van der Waals surface area (Å²) in [6.07, 6.45) is -8.95. The lowest BCUT2D eigenvalue weighted by atomic mass is 9.87. The van der Waals surface area contributed by atoms with E-state index in [9.17, 15) is 31.1 Å². The van der Waals surface area contributed by atoms with Crippen molar-refractivity contribution < 1.29 is 31.1 Å². The van der Waals surface area contributed by atoms with Crippen molar-refractivity contribution in [1.29, 1.82) is 0 Å². The predicted molar refractivity (Wildman–Crippen MR) is 154 cm³/mol. The Bertz CT molecular complexity index is 1540. The quantitative estimate of drug-likeness (QED) is 0.191. The monoisotopic (exact) mass is 619 g/mol. The minimum absolute atomic E-state index is 0.0325. The van der Waals surface area contributed by atoms with Gasteiger partial charge >= 0.3 is 12.4 Å². The van der Waals surface area contributed by atoms with Crippen LogP contribution in [0.4, 0.5) is 26.3 Å². The average Bonchev–Trinajstić information content (AvgIpc) is 3.39. The number of hydrogen-bond acceptors (Lipinski definition) is 4. The number of carbonyl (C=O) groups is 1. The standard InChI is InChI=1S/C32H31F6N3OS/c1-30(2,3)24-12-10-21(11-13-24)17-41(18-23-7-5-9-26(15-23)32(36,37)38)19-28-40-27(20-43-28)29(42)39-16-22-6-4-8-25(14-22)31(33,34)35/h4-15,20H,16-19H2,1-3H3,(H,39,42). The smallest absolute Gasteiger partial charge is 0.347 e. The van der Waals surface area contributed by atoms with E-state index in [-0.39, 0.29) is 30.7 Å². The summed E-state index contributed by atoms with van der Waals surface area (Å²) in [6, 6.07) is 17.9. The van der Waals surface area contributed by atoms with Crippen LogP contribution in [0, 0.1) is 0 Å². The van der Waals surface area contributed by atoms with E-state index in [1.54, 1.807) is 11.4 Å². The molecular formula is C32H31F6N3OS. The summed E-state index contributed by atoms with van der Waals surface area (Å²) in [4.78, 5) is 19.1. The van der Waals surface area contributed by atoms with Gasteiger partial charge in [0.2, 0.25) is 0 Å². The topological polar surface area (TPSA) is 45.2 Å². The van der Waals surface area contributed by atoms with Crippen molar-refractivity contribution in [2.45, 2.75) is 64.7 Å². The predicted octanol–water partition coefficient (Wildman–Crippen LogP) is 8.61.